The molecule has 1 aromatic rings. The van der Waals surface area contributed by atoms with Crippen molar-refractivity contribution < 1.29 is 19.1 Å². The van der Waals surface area contributed by atoms with E-state index in [1.165, 1.54) is 6.92 Å². The number of esters is 1. The Morgan fingerprint density at radius 3 is 2.43 bits per heavy atom. The molecular formula is C16H21NO4. The van der Waals surface area contributed by atoms with Gasteiger partial charge in [0.05, 0.1) is 12.6 Å². The molecule has 1 aliphatic heterocycles. The first-order chi connectivity index (χ1) is 9.93. The summed E-state index contributed by atoms with van der Waals surface area (Å²) in [5.74, 6) is 0.136. The lowest BCUT2D eigenvalue weighted by Gasteiger charge is -2.54. The van der Waals surface area contributed by atoms with Crippen molar-refractivity contribution in [3.05, 3.63) is 24.3 Å². The first-order valence-electron chi connectivity index (χ1n) is 7.09. The van der Waals surface area contributed by atoms with Crippen LogP contribution in [0.15, 0.2) is 24.3 Å². The Hall–Kier alpha value is -2.04. The minimum Gasteiger partial charge on any atom is -0.497 e. The molecule has 2 unspecified atom stereocenters. The highest BCUT2D eigenvalue weighted by Gasteiger charge is 2.59. The molecule has 114 valence electrons. The molecule has 0 saturated carbocycles. The lowest BCUT2D eigenvalue weighted by Crippen LogP contribution is -2.74. The summed E-state index contributed by atoms with van der Waals surface area (Å²) in [6, 6.07) is 7.31. The third-order valence-electron chi connectivity index (χ3n) is 3.89. The van der Waals surface area contributed by atoms with E-state index in [2.05, 4.69) is 0 Å². The summed E-state index contributed by atoms with van der Waals surface area (Å²) in [4.78, 5) is 25.3. The molecule has 5 nitrogen and oxygen atoms in total. The average Bonchev–Trinajstić information content (AvgIpc) is 2.46. The predicted octanol–water partition coefficient (Wildman–Crippen LogP) is 2.53. The van der Waals surface area contributed by atoms with Crippen LogP contribution in [0.2, 0.25) is 0 Å². The van der Waals surface area contributed by atoms with Crippen LogP contribution in [-0.4, -0.2) is 30.6 Å². The van der Waals surface area contributed by atoms with Crippen molar-refractivity contribution in [2.24, 2.45) is 0 Å². The highest BCUT2D eigenvalue weighted by molar-refractivity contribution is 6.07. The fraction of sp³-hybridized carbons (Fsp3) is 0.500. The molecule has 0 bridgehead atoms. The molecule has 1 amide bonds. The van der Waals surface area contributed by atoms with E-state index < -0.39 is 17.6 Å². The van der Waals surface area contributed by atoms with Crippen LogP contribution in [0.5, 0.6) is 5.75 Å². The smallest absolute Gasteiger partial charge is 0.303 e. The first-order valence-corrected chi connectivity index (χ1v) is 7.09. The fourth-order valence-electron chi connectivity index (χ4n) is 2.93. The van der Waals surface area contributed by atoms with E-state index in [0.29, 0.717) is 0 Å². The van der Waals surface area contributed by atoms with Gasteiger partial charge in [-0.1, -0.05) is 13.3 Å². The van der Waals surface area contributed by atoms with E-state index in [9.17, 15) is 9.59 Å². The maximum absolute atomic E-state index is 12.4. The topological polar surface area (TPSA) is 55.8 Å². The summed E-state index contributed by atoms with van der Waals surface area (Å²) >= 11 is 0. The van der Waals surface area contributed by atoms with Crippen LogP contribution in [0.4, 0.5) is 5.69 Å². The fourth-order valence-corrected chi connectivity index (χ4v) is 2.93. The van der Waals surface area contributed by atoms with Gasteiger partial charge in [-0.2, -0.15) is 0 Å². The molecule has 1 saturated heterocycles. The van der Waals surface area contributed by atoms with E-state index in [-0.39, 0.29) is 5.91 Å². The Bertz CT molecular complexity index is 540. The summed E-state index contributed by atoms with van der Waals surface area (Å²) in [5, 5.41) is 0. The zero-order valence-corrected chi connectivity index (χ0v) is 12.9. The first kappa shape index (κ1) is 15.4. The second-order valence-electron chi connectivity index (χ2n) is 5.47. The predicted molar refractivity (Wildman–Crippen MR) is 79.3 cm³/mol. The van der Waals surface area contributed by atoms with Gasteiger partial charge in [-0.05, 0) is 37.6 Å². The van der Waals surface area contributed by atoms with E-state index >= 15 is 0 Å². The number of anilines is 1. The van der Waals surface area contributed by atoms with E-state index in [1.54, 1.807) is 12.0 Å². The van der Waals surface area contributed by atoms with Crippen LogP contribution in [0, 0.1) is 0 Å². The Balaban J connectivity index is 2.29. The van der Waals surface area contributed by atoms with E-state index in [1.807, 2.05) is 38.1 Å². The molecule has 2 atom stereocenters. The quantitative estimate of drug-likeness (QED) is 0.618. The maximum atomic E-state index is 12.4. The number of carbonyl (C=O) groups is 2. The molecule has 1 aromatic carbocycles. The van der Waals surface area contributed by atoms with Crippen molar-refractivity contribution in [2.45, 2.75) is 45.3 Å². The number of benzene rings is 1. The summed E-state index contributed by atoms with van der Waals surface area (Å²) in [6.07, 6.45) is 0.966. The Labute approximate surface area is 124 Å². The molecule has 0 aliphatic carbocycles. The normalized spacial score (nSPS) is 24.5. The molecule has 0 spiro atoms. The molecular weight excluding hydrogens is 270 g/mol. The van der Waals surface area contributed by atoms with Crippen LogP contribution in [0.25, 0.3) is 0 Å². The van der Waals surface area contributed by atoms with Gasteiger partial charge in [0.1, 0.15) is 5.75 Å². The third kappa shape index (κ3) is 2.60. The van der Waals surface area contributed by atoms with E-state index in [0.717, 1.165) is 24.3 Å². The summed E-state index contributed by atoms with van der Waals surface area (Å²) in [7, 11) is 1.60. The highest BCUT2D eigenvalue weighted by atomic mass is 16.6. The summed E-state index contributed by atoms with van der Waals surface area (Å²) < 4.78 is 10.3. The number of nitrogens with zero attached hydrogens (tertiary/aromatic N) is 1. The van der Waals surface area contributed by atoms with Gasteiger partial charge in [0.15, 0.2) is 0 Å². The van der Waals surface area contributed by atoms with E-state index in [4.69, 9.17) is 9.47 Å². The van der Waals surface area contributed by atoms with Gasteiger partial charge in [0.25, 0.3) is 5.91 Å². The molecule has 5 heteroatoms. The van der Waals surface area contributed by atoms with Gasteiger partial charge in [-0.3, -0.25) is 14.5 Å². The molecule has 2 rings (SSSR count). The lowest BCUT2D eigenvalue weighted by atomic mass is 9.78. The number of carbonyl (C=O) groups excluding carboxylic acids is 2. The molecule has 1 fully saturated rings. The largest absolute Gasteiger partial charge is 0.497 e. The minimum absolute atomic E-state index is 0.175. The van der Waals surface area contributed by atoms with Crippen molar-refractivity contribution in [2.75, 3.05) is 12.0 Å². The van der Waals surface area contributed by atoms with Gasteiger partial charge in [-0.25, -0.2) is 0 Å². The average molecular weight is 291 g/mol. The van der Waals surface area contributed by atoms with Gasteiger partial charge in [0, 0.05) is 12.6 Å². The SMILES string of the molecule is CCCC1(C)C(OC(C)=O)C(=O)N1c1ccc(OC)cc1. The number of methoxy groups -OCH3 is 1. The van der Waals surface area contributed by atoms with Crippen LogP contribution in [-0.2, 0) is 14.3 Å². The van der Waals surface area contributed by atoms with Crippen LogP contribution in [0.1, 0.15) is 33.6 Å². The van der Waals surface area contributed by atoms with Gasteiger partial charge in [-0.15, -0.1) is 0 Å². The van der Waals surface area contributed by atoms with Crippen molar-refractivity contribution >= 4 is 17.6 Å². The second-order valence-corrected chi connectivity index (χ2v) is 5.47. The Morgan fingerprint density at radius 1 is 1.33 bits per heavy atom. The second kappa shape index (κ2) is 5.76. The summed E-state index contributed by atoms with van der Waals surface area (Å²) in [5.41, 5.74) is 0.298. The zero-order chi connectivity index (χ0) is 15.6. The number of β-lactam (4-membered cyclic amide) rings is 1. The molecule has 1 aliphatic rings. The number of hydrogen-bond acceptors (Lipinski definition) is 4. The summed E-state index contributed by atoms with van der Waals surface area (Å²) in [6.45, 7) is 5.33. The Morgan fingerprint density at radius 2 is 1.95 bits per heavy atom. The molecule has 0 N–H and O–H groups in total. The minimum atomic E-state index is -0.697. The molecule has 1 heterocycles. The number of hydrogen-bond donors (Lipinski definition) is 0. The van der Waals surface area contributed by atoms with Gasteiger partial charge >= 0.3 is 5.97 Å². The number of amides is 1. The van der Waals surface area contributed by atoms with Crippen molar-refractivity contribution in [1.82, 2.24) is 0 Å². The standard InChI is InChI=1S/C16H21NO4/c1-5-10-16(3)14(21-11(2)18)15(19)17(16)12-6-8-13(20-4)9-7-12/h6-9,14H,5,10H2,1-4H3. The van der Waals surface area contributed by atoms with Gasteiger partial charge < -0.3 is 9.47 Å². The third-order valence-corrected chi connectivity index (χ3v) is 3.89. The van der Waals surface area contributed by atoms with Crippen molar-refractivity contribution in [3.8, 4) is 5.75 Å². The number of rotatable bonds is 5. The van der Waals surface area contributed by atoms with Crippen LogP contribution in [0.3, 0.4) is 0 Å². The lowest BCUT2D eigenvalue weighted by molar-refractivity contribution is -0.166. The highest BCUT2D eigenvalue weighted by Crippen LogP contribution is 2.42. The van der Waals surface area contributed by atoms with Crippen LogP contribution < -0.4 is 9.64 Å². The van der Waals surface area contributed by atoms with Gasteiger partial charge in [0.2, 0.25) is 6.10 Å². The zero-order valence-electron chi connectivity index (χ0n) is 12.9. The van der Waals surface area contributed by atoms with Crippen molar-refractivity contribution in [3.63, 3.8) is 0 Å². The molecule has 0 aromatic heterocycles. The number of ether oxygens (including phenoxy) is 2. The molecule has 0 radical (unpaired) electrons. The Kier molecular flexibility index (Phi) is 4.21. The monoisotopic (exact) mass is 291 g/mol. The molecule has 21 heavy (non-hydrogen) atoms. The van der Waals surface area contributed by atoms with Crippen LogP contribution >= 0.6 is 0 Å². The van der Waals surface area contributed by atoms with Crippen molar-refractivity contribution in [1.29, 1.82) is 0 Å². The maximum Gasteiger partial charge on any atom is 0.303 e.